The molecule has 3 rings (SSSR count). The Labute approximate surface area is 132 Å². The SMILES string of the molecule is CC1(C)C2CCC(C)(C(C)(C)/C=N/CCNI)C1C2. The molecule has 0 radical (unpaired) electrons. The first-order valence-corrected chi connectivity index (χ1v) is 8.68. The highest BCUT2D eigenvalue weighted by atomic mass is 127. The summed E-state index contributed by atoms with van der Waals surface area (Å²) in [6.45, 7) is 14.1. The molecule has 3 aliphatic rings. The van der Waals surface area contributed by atoms with E-state index in [0.29, 0.717) is 10.8 Å². The topological polar surface area (TPSA) is 24.4 Å². The highest BCUT2D eigenvalue weighted by Crippen LogP contribution is 2.69. The zero-order valence-electron chi connectivity index (χ0n) is 13.1. The van der Waals surface area contributed by atoms with Gasteiger partial charge in [-0.05, 0) is 41.9 Å². The van der Waals surface area contributed by atoms with Crippen molar-refractivity contribution in [2.75, 3.05) is 13.1 Å². The minimum atomic E-state index is 0.200. The first-order valence-electron chi connectivity index (χ1n) is 7.60. The Bertz CT molecular complexity index is 360. The zero-order chi connectivity index (χ0) is 14.3. The molecular formula is C16H29IN2. The number of halogens is 1. The highest BCUT2D eigenvalue weighted by molar-refractivity contribution is 14.1. The summed E-state index contributed by atoms with van der Waals surface area (Å²) >= 11 is 2.18. The van der Waals surface area contributed by atoms with Gasteiger partial charge in [0, 0.05) is 41.0 Å². The minimum absolute atomic E-state index is 0.200. The summed E-state index contributed by atoms with van der Waals surface area (Å²) in [6.07, 6.45) is 6.47. The predicted octanol–water partition coefficient (Wildman–Crippen LogP) is 4.49. The Morgan fingerprint density at radius 1 is 1.37 bits per heavy atom. The molecule has 1 N–H and O–H groups in total. The number of hydrogen-bond acceptors (Lipinski definition) is 2. The molecule has 0 aliphatic heterocycles. The van der Waals surface area contributed by atoms with E-state index in [1.54, 1.807) is 0 Å². The lowest BCUT2D eigenvalue weighted by molar-refractivity contribution is -0.177. The van der Waals surface area contributed by atoms with E-state index in [4.69, 9.17) is 0 Å². The summed E-state index contributed by atoms with van der Waals surface area (Å²) < 4.78 is 3.13. The molecule has 0 saturated heterocycles. The molecule has 110 valence electrons. The Morgan fingerprint density at radius 2 is 2.05 bits per heavy atom. The van der Waals surface area contributed by atoms with Gasteiger partial charge in [0.2, 0.25) is 0 Å². The number of nitrogens with zero attached hydrogens (tertiary/aromatic N) is 1. The quantitative estimate of drug-likeness (QED) is 0.325. The van der Waals surface area contributed by atoms with Gasteiger partial charge in [0.25, 0.3) is 0 Å². The molecule has 3 aliphatic carbocycles. The maximum absolute atomic E-state index is 4.66. The van der Waals surface area contributed by atoms with Gasteiger partial charge in [0.15, 0.2) is 0 Å². The second-order valence-corrected chi connectivity index (χ2v) is 8.67. The Hall–Kier alpha value is 0.360. The van der Waals surface area contributed by atoms with E-state index in [-0.39, 0.29) is 5.41 Å². The van der Waals surface area contributed by atoms with Crippen molar-refractivity contribution >= 4 is 29.1 Å². The van der Waals surface area contributed by atoms with Gasteiger partial charge >= 0.3 is 0 Å². The third kappa shape index (κ3) is 2.50. The molecule has 0 aromatic rings. The normalized spacial score (nSPS) is 37.4. The Balaban J connectivity index is 2.12. The van der Waals surface area contributed by atoms with Crippen LogP contribution in [0.25, 0.3) is 0 Å². The zero-order valence-corrected chi connectivity index (χ0v) is 15.3. The molecule has 2 bridgehead atoms. The van der Waals surface area contributed by atoms with Crippen LogP contribution in [0, 0.1) is 28.1 Å². The van der Waals surface area contributed by atoms with Crippen molar-refractivity contribution in [3.63, 3.8) is 0 Å². The lowest BCUT2D eigenvalue weighted by Gasteiger charge is -2.68. The van der Waals surface area contributed by atoms with Crippen molar-refractivity contribution in [3.8, 4) is 0 Å². The summed E-state index contributed by atoms with van der Waals surface area (Å²) in [6, 6.07) is 0. The van der Waals surface area contributed by atoms with Crippen LogP contribution in [-0.2, 0) is 0 Å². The first kappa shape index (κ1) is 15.7. The average Bonchev–Trinajstić information content (AvgIpc) is 2.34. The molecule has 0 amide bonds. The number of nitrogens with one attached hydrogen (secondary N) is 1. The van der Waals surface area contributed by atoms with Crippen LogP contribution in [0.1, 0.15) is 53.9 Å². The lowest BCUT2D eigenvalue weighted by atomic mass is 9.37. The smallest absolute Gasteiger partial charge is 0.0518 e. The molecule has 0 aromatic carbocycles. The van der Waals surface area contributed by atoms with Crippen molar-refractivity contribution < 1.29 is 0 Å². The standard InChI is InChI=1S/C16H29IN2/c1-14(2,11-18-8-9-19-17)16(5)7-6-12-10-13(16)15(12,3)4/h11-13,19H,6-10H2,1-5H3/b18-11+. The number of hydrogen-bond donors (Lipinski definition) is 1. The monoisotopic (exact) mass is 376 g/mol. The molecule has 19 heavy (non-hydrogen) atoms. The number of rotatable bonds is 5. The van der Waals surface area contributed by atoms with E-state index >= 15 is 0 Å². The van der Waals surface area contributed by atoms with Crippen LogP contribution in [0.2, 0.25) is 0 Å². The van der Waals surface area contributed by atoms with Gasteiger partial charge in [0.05, 0.1) is 6.54 Å². The van der Waals surface area contributed by atoms with E-state index < -0.39 is 0 Å². The molecule has 2 nitrogen and oxygen atoms in total. The molecule has 0 heterocycles. The van der Waals surface area contributed by atoms with E-state index in [9.17, 15) is 0 Å². The van der Waals surface area contributed by atoms with Gasteiger partial charge in [0.1, 0.15) is 0 Å². The molecule has 0 spiro atoms. The Morgan fingerprint density at radius 3 is 2.58 bits per heavy atom. The molecule has 3 atom stereocenters. The summed E-state index contributed by atoms with van der Waals surface area (Å²) in [5, 5.41) is 0. The lowest BCUT2D eigenvalue weighted by Crippen LogP contribution is -2.61. The fraction of sp³-hybridized carbons (Fsp3) is 0.938. The summed E-state index contributed by atoms with van der Waals surface area (Å²) in [7, 11) is 0. The van der Waals surface area contributed by atoms with Crippen molar-refractivity contribution in [1.82, 2.24) is 3.53 Å². The maximum Gasteiger partial charge on any atom is 0.0518 e. The Kier molecular flexibility index (Phi) is 4.38. The van der Waals surface area contributed by atoms with Crippen molar-refractivity contribution in [2.24, 2.45) is 33.1 Å². The van der Waals surface area contributed by atoms with Crippen LogP contribution in [0.5, 0.6) is 0 Å². The van der Waals surface area contributed by atoms with Gasteiger partial charge in [-0.2, -0.15) is 0 Å². The second kappa shape index (κ2) is 5.28. The van der Waals surface area contributed by atoms with E-state index in [1.165, 1.54) is 19.3 Å². The van der Waals surface area contributed by atoms with Crippen LogP contribution in [0.3, 0.4) is 0 Å². The van der Waals surface area contributed by atoms with Gasteiger partial charge in [-0.3, -0.25) is 8.52 Å². The van der Waals surface area contributed by atoms with Crippen LogP contribution < -0.4 is 3.53 Å². The fourth-order valence-corrected chi connectivity index (χ4v) is 4.79. The van der Waals surface area contributed by atoms with Gasteiger partial charge < -0.3 is 0 Å². The van der Waals surface area contributed by atoms with Gasteiger partial charge in [-0.1, -0.05) is 34.6 Å². The highest BCUT2D eigenvalue weighted by Gasteiger charge is 2.62. The summed E-state index contributed by atoms with van der Waals surface area (Å²) in [5.74, 6) is 1.84. The number of aliphatic imine (C=N–C) groups is 1. The van der Waals surface area contributed by atoms with E-state index in [0.717, 1.165) is 24.9 Å². The third-order valence-corrected chi connectivity index (χ3v) is 7.01. The van der Waals surface area contributed by atoms with Crippen LogP contribution in [0.4, 0.5) is 0 Å². The summed E-state index contributed by atoms with van der Waals surface area (Å²) in [4.78, 5) is 4.66. The van der Waals surface area contributed by atoms with Gasteiger partial charge in [-0.25, -0.2) is 0 Å². The molecule has 3 heteroatoms. The third-order valence-electron chi connectivity index (χ3n) is 6.47. The van der Waals surface area contributed by atoms with Gasteiger partial charge in [-0.15, -0.1) is 0 Å². The molecule has 3 unspecified atom stereocenters. The molecular weight excluding hydrogens is 347 g/mol. The average molecular weight is 376 g/mol. The molecule has 3 saturated carbocycles. The largest absolute Gasteiger partial charge is 0.296 e. The number of fused-ring (bicyclic) bond motifs is 2. The second-order valence-electron chi connectivity index (χ2n) is 7.90. The summed E-state index contributed by atoms with van der Waals surface area (Å²) in [5.41, 5.74) is 1.15. The molecule has 0 aromatic heterocycles. The maximum atomic E-state index is 4.66. The van der Waals surface area contributed by atoms with Crippen molar-refractivity contribution in [2.45, 2.75) is 53.9 Å². The first-order chi connectivity index (χ1) is 8.75. The predicted molar refractivity (Wildman–Crippen MR) is 91.9 cm³/mol. The van der Waals surface area contributed by atoms with Crippen molar-refractivity contribution in [3.05, 3.63) is 0 Å². The van der Waals surface area contributed by atoms with E-state index in [2.05, 4.69) is 72.2 Å². The van der Waals surface area contributed by atoms with E-state index in [1.807, 2.05) is 0 Å². The van der Waals surface area contributed by atoms with Crippen LogP contribution >= 0.6 is 22.9 Å². The van der Waals surface area contributed by atoms with Crippen LogP contribution in [-0.4, -0.2) is 19.3 Å². The fourth-order valence-electron chi connectivity index (χ4n) is 4.55. The minimum Gasteiger partial charge on any atom is -0.296 e. The molecule has 3 fully saturated rings. The van der Waals surface area contributed by atoms with Crippen LogP contribution in [0.15, 0.2) is 4.99 Å². The van der Waals surface area contributed by atoms with Crippen molar-refractivity contribution in [1.29, 1.82) is 0 Å².